The molecule has 0 aliphatic heterocycles. The summed E-state index contributed by atoms with van der Waals surface area (Å²) in [6.45, 7) is 5.06. The summed E-state index contributed by atoms with van der Waals surface area (Å²) in [5, 5.41) is 3.21. The van der Waals surface area contributed by atoms with Gasteiger partial charge in [0.25, 0.3) is 0 Å². The lowest BCUT2D eigenvalue weighted by Gasteiger charge is -2.20. The minimum Gasteiger partial charge on any atom is -0.325 e. The van der Waals surface area contributed by atoms with Crippen molar-refractivity contribution < 1.29 is 0 Å². The number of hydrogen-bond acceptors (Lipinski definition) is 4. The average Bonchev–Trinajstić information content (AvgIpc) is 3.05. The van der Waals surface area contributed by atoms with E-state index in [9.17, 15) is 0 Å². The summed E-state index contributed by atoms with van der Waals surface area (Å²) in [7, 11) is 0. The van der Waals surface area contributed by atoms with Crippen LogP contribution in [0.25, 0.3) is 0 Å². The SMILES string of the molecule is CCCCN(Cc1csc(CN)n1)C1CC1. The van der Waals surface area contributed by atoms with Crippen LogP contribution in [-0.2, 0) is 13.1 Å². The normalized spacial score (nSPS) is 15.9. The quantitative estimate of drug-likeness (QED) is 0.794. The molecule has 2 rings (SSSR count). The van der Waals surface area contributed by atoms with Crippen LogP contribution in [0.3, 0.4) is 0 Å². The molecule has 0 radical (unpaired) electrons. The summed E-state index contributed by atoms with van der Waals surface area (Å²) in [4.78, 5) is 7.12. The van der Waals surface area contributed by atoms with Crippen molar-refractivity contribution in [3.63, 3.8) is 0 Å². The van der Waals surface area contributed by atoms with Crippen LogP contribution in [0, 0.1) is 0 Å². The van der Waals surface area contributed by atoms with E-state index in [-0.39, 0.29) is 0 Å². The second kappa shape index (κ2) is 5.75. The molecule has 90 valence electrons. The van der Waals surface area contributed by atoms with Gasteiger partial charge in [0.1, 0.15) is 5.01 Å². The molecule has 16 heavy (non-hydrogen) atoms. The van der Waals surface area contributed by atoms with Gasteiger partial charge in [0, 0.05) is 24.5 Å². The van der Waals surface area contributed by atoms with E-state index in [4.69, 9.17) is 5.73 Å². The van der Waals surface area contributed by atoms with Gasteiger partial charge in [-0.2, -0.15) is 0 Å². The summed E-state index contributed by atoms with van der Waals surface area (Å²) in [6.07, 6.45) is 5.31. The molecule has 1 aromatic rings. The maximum Gasteiger partial charge on any atom is 0.106 e. The van der Waals surface area contributed by atoms with E-state index in [0.717, 1.165) is 17.6 Å². The number of nitrogens with two attached hydrogens (primary N) is 1. The van der Waals surface area contributed by atoms with Gasteiger partial charge in [-0.1, -0.05) is 13.3 Å². The van der Waals surface area contributed by atoms with Crippen molar-refractivity contribution >= 4 is 11.3 Å². The van der Waals surface area contributed by atoms with Gasteiger partial charge in [0.05, 0.1) is 5.69 Å². The largest absolute Gasteiger partial charge is 0.325 e. The number of aromatic nitrogens is 1. The third-order valence-electron chi connectivity index (χ3n) is 3.00. The first kappa shape index (κ1) is 12.0. The Bertz CT molecular complexity index is 320. The standard InChI is InChI=1S/C12H21N3S/c1-2-3-6-15(11-4-5-11)8-10-9-16-12(7-13)14-10/h9,11H,2-8,13H2,1H3. The predicted molar refractivity (Wildman–Crippen MR) is 68.3 cm³/mol. The Kier molecular flexibility index (Phi) is 4.32. The number of nitrogens with zero attached hydrogens (tertiary/aromatic N) is 2. The average molecular weight is 239 g/mol. The third-order valence-corrected chi connectivity index (χ3v) is 3.92. The first-order valence-corrected chi connectivity index (χ1v) is 7.08. The van der Waals surface area contributed by atoms with Gasteiger partial charge >= 0.3 is 0 Å². The number of thiazole rings is 1. The summed E-state index contributed by atoms with van der Waals surface area (Å²) >= 11 is 1.68. The molecule has 0 atom stereocenters. The van der Waals surface area contributed by atoms with E-state index in [0.29, 0.717) is 6.54 Å². The Labute approximate surface area is 102 Å². The molecule has 1 fully saturated rings. The first-order chi connectivity index (χ1) is 7.83. The molecule has 2 N–H and O–H groups in total. The van der Waals surface area contributed by atoms with Crippen LogP contribution in [0.4, 0.5) is 0 Å². The zero-order valence-corrected chi connectivity index (χ0v) is 10.8. The number of unbranched alkanes of at least 4 members (excludes halogenated alkanes) is 1. The van der Waals surface area contributed by atoms with Crippen LogP contribution >= 0.6 is 11.3 Å². The molecule has 0 unspecified atom stereocenters. The van der Waals surface area contributed by atoms with Crippen LogP contribution in [0.1, 0.15) is 43.3 Å². The summed E-state index contributed by atoms with van der Waals surface area (Å²) in [5.41, 5.74) is 6.78. The number of hydrogen-bond donors (Lipinski definition) is 1. The molecule has 1 aliphatic rings. The molecule has 1 aromatic heterocycles. The van der Waals surface area contributed by atoms with Crippen molar-refractivity contribution in [2.45, 2.75) is 51.7 Å². The second-order valence-corrected chi connectivity index (χ2v) is 5.43. The smallest absolute Gasteiger partial charge is 0.106 e. The first-order valence-electron chi connectivity index (χ1n) is 6.21. The molecule has 0 spiro atoms. The molecule has 1 aliphatic carbocycles. The van der Waals surface area contributed by atoms with Crippen molar-refractivity contribution in [1.82, 2.24) is 9.88 Å². The molecular weight excluding hydrogens is 218 g/mol. The third kappa shape index (κ3) is 3.27. The Morgan fingerprint density at radius 2 is 2.38 bits per heavy atom. The highest BCUT2D eigenvalue weighted by Crippen LogP contribution is 2.28. The Morgan fingerprint density at radius 1 is 1.56 bits per heavy atom. The van der Waals surface area contributed by atoms with Gasteiger partial charge in [-0.25, -0.2) is 4.98 Å². The minimum absolute atomic E-state index is 0.572. The van der Waals surface area contributed by atoms with Crippen molar-refractivity contribution in [1.29, 1.82) is 0 Å². The van der Waals surface area contributed by atoms with Crippen molar-refractivity contribution in [2.75, 3.05) is 6.54 Å². The van der Waals surface area contributed by atoms with E-state index in [1.807, 2.05) is 0 Å². The van der Waals surface area contributed by atoms with Crippen LogP contribution in [0.2, 0.25) is 0 Å². The van der Waals surface area contributed by atoms with Gasteiger partial charge in [0.15, 0.2) is 0 Å². The van der Waals surface area contributed by atoms with E-state index in [2.05, 4.69) is 22.2 Å². The zero-order valence-electron chi connectivity index (χ0n) is 9.98. The predicted octanol–water partition coefficient (Wildman–Crippen LogP) is 2.37. The summed E-state index contributed by atoms with van der Waals surface area (Å²) in [5.74, 6) is 0. The Morgan fingerprint density at radius 3 is 2.94 bits per heavy atom. The topological polar surface area (TPSA) is 42.1 Å². The highest BCUT2D eigenvalue weighted by Gasteiger charge is 2.28. The summed E-state index contributed by atoms with van der Waals surface area (Å²) < 4.78 is 0. The fourth-order valence-electron chi connectivity index (χ4n) is 1.91. The second-order valence-electron chi connectivity index (χ2n) is 4.49. The fourth-order valence-corrected chi connectivity index (χ4v) is 2.58. The molecule has 4 heteroatoms. The summed E-state index contributed by atoms with van der Waals surface area (Å²) in [6, 6.07) is 0.828. The van der Waals surface area contributed by atoms with Crippen molar-refractivity contribution in [3.8, 4) is 0 Å². The van der Waals surface area contributed by atoms with Crippen LogP contribution in [0.5, 0.6) is 0 Å². The monoisotopic (exact) mass is 239 g/mol. The molecule has 1 saturated carbocycles. The molecule has 0 aromatic carbocycles. The molecule has 0 amide bonds. The minimum atomic E-state index is 0.572. The van der Waals surface area contributed by atoms with Gasteiger partial charge in [-0.05, 0) is 25.8 Å². The van der Waals surface area contributed by atoms with Gasteiger partial charge in [-0.3, -0.25) is 4.90 Å². The highest BCUT2D eigenvalue weighted by molar-refractivity contribution is 7.09. The van der Waals surface area contributed by atoms with E-state index >= 15 is 0 Å². The van der Waals surface area contributed by atoms with E-state index in [1.165, 1.54) is 37.9 Å². The molecule has 0 saturated heterocycles. The van der Waals surface area contributed by atoms with Gasteiger partial charge < -0.3 is 5.73 Å². The lowest BCUT2D eigenvalue weighted by Crippen LogP contribution is -2.26. The fraction of sp³-hybridized carbons (Fsp3) is 0.750. The van der Waals surface area contributed by atoms with Gasteiger partial charge in [-0.15, -0.1) is 11.3 Å². The lowest BCUT2D eigenvalue weighted by atomic mass is 10.3. The number of rotatable bonds is 7. The Hall–Kier alpha value is -0.450. The van der Waals surface area contributed by atoms with Crippen molar-refractivity contribution in [3.05, 3.63) is 16.1 Å². The zero-order chi connectivity index (χ0) is 11.4. The van der Waals surface area contributed by atoms with Crippen LogP contribution in [0.15, 0.2) is 5.38 Å². The Balaban J connectivity index is 1.88. The molecule has 1 heterocycles. The van der Waals surface area contributed by atoms with Crippen molar-refractivity contribution in [2.24, 2.45) is 5.73 Å². The maximum absolute atomic E-state index is 5.58. The van der Waals surface area contributed by atoms with Crippen LogP contribution in [-0.4, -0.2) is 22.5 Å². The molecule has 3 nitrogen and oxygen atoms in total. The molecule has 0 bridgehead atoms. The molecular formula is C12H21N3S. The maximum atomic E-state index is 5.58. The van der Waals surface area contributed by atoms with Crippen LogP contribution < -0.4 is 5.73 Å². The van der Waals surface area contributed by atoms with Gasteiger partial charge in [0.2, 0.25) is 0 Å². The lowest BCUT2D eigenvalue weighted by molar-refractivity contribution is 0.248. The van der Waals surface area contributed by atoms with E-state index in [1.54, 1.807) is 11.3 Å². The van der Waals surface area contributed by atoms with E-state index < -0.39 is 0 Å². The highest BCUT2D eigenvalue weighted by atomic mass is 32.1.